The van der Waals surface area contributed by atoms with Crippen molar-refractivity contribution < 1.29 is 13.5 Å². The monoisotopic (exact) mass is 237 g/mol. The molecule has 0 amide bonds. The van der Waals surface area contributed by atoms with Crippen molar-refractivity contribution in [2.45, 2.75) is 32.4 Å². The summed E-state index contributed by atoms with van der Waals surface area (Å²) in [5.41, 5.74) is 0. The molecule has 0 aliphatic carbocycles. The number of nitrogens with one attached hydrogen (secondary N) is 1. The van der Waals surface area contributed by atoms with Crippen LogP contribution in [0, 0.1) is 5.92 Å². The molecule has 0 aromatic heterocycles. The molecule has 0 aromatic carbocycles. The van der Waals surface area contributed by atoms with Crippen LogP contribution in [-0.2, 0) is 9.84 Å². The minimum absolute atomic E-state index is 0.188. The molecule has 0 saturated heterocycles. The second-order valence-electron chi connectivity index (χ2n) is 4.24. The van der Waals surface area contributed by atoms with Crippen molar-refractivity contribution in [3.05, 3.63) is 0 Å². The lowest BCUT2D eigenvalue weighted by Crippen LogP contribution is -2.30. The number of aliphatic hydroxyl groups excluding tert-OH is 1. The molecule has 0 radical (unpaired) electrons. The summed E-state index contributed by atoms with van der Waals surface area (Å²) in [5, 5.41) is 11.5. The van der Waals surface area contributed by atoms with Gasteiger partial charge >= 0.3 is 0 Å². The minimum Gasteiger partial charge on any atom is -0.396 e. The van der Waals surface area contributed by atoms with Crippen molar-refractivity contribution >= 4 is 9.84 Å². The van der Waals surface area contributed by atoms with Crippen LogP contribution in [0.1, 0.15) is 27.2 Å². The van der Waals surface area contributed by atoms with E-state index in [0.29, 0.717) is 12.5 Å². The van der Waals surface area contributed by atoms with Gasteiger partial charge < -0.3 is 10.4 Å². The van der Waals surface area contributed by atoms with Crippen LogP contribution in [0.25, 0.3) is 0 Å². The Labute approximate surface area is 93.0 Å². The zero-order valence-corrected chi connectivity index (χ0v) is 10.7. The van der Waals surface area contributed by atoms with Crippen LogP contribution >= 0.6 is 0 Å². The molecule has 0 aliphatic heterocycles. The number of sulfone groups is 1. The second kappa shape index (κ2) is 7.19. The first-order valence-electron chi connectivity index (χ1n) is 5.43. The van der Waals surface area contributed by atoms with Gasteiger partial charge in [-0.15, -0.1) is 0 Å². The van der Waals surface area contributed by atoms with Crippen molar-refractivity contribution in [1.29, 1.82) is 0 Å². The van der Waals surface area contributed by atoms with Crippen molar-refractivity contribution in [2.75, 3.05) is 25.4 Å². The summed E-state index contributed by atoms with van der Waals surface area (Å²) < 4.78 is 22.8. The Bertz CT molecular complexity index is 249. The van der Waals surface area contributed by atoms with E-state index < -0.39 is 9.84 Å². The lowest BCUT2D eigenvalue weighted by molar-refractivity contribution is 0.260. The fraction of sp³-hybridized carbons (Fsp3) is 1.00. The summed E-state index contributed by atoms with van der Waals surface area (Å²) in [7, 11) is -2.92. The second-order valence-corrected chi connectivity index (χ2v) is 6.91. The van der Waals surface area contributed by atoms with Gasteiger partial charge in [0.15, 0.2) is 9.84 Å². The topological polar surface area (TPSA) is 66.4 Å². The predicted molar refractivity (Wildman–Crippen MR) is 62.7 cm³/mol. The molecular weight excluding hydrogens is 214 g/mol. The molecule has 0 saturated carbocycles. The first kappa shape index (κ1) is 14.9. The smallest absolute Gasteiger partial charge is 0.153 e. The quantitative estimate of drug-likeness (QED) is 0.600. The van der Waals surface area contributed by atoms with Gasteiger partial charge in [0.1, 0.15) is 0 Å². The van der Waals surface area contributed by atoms with Crippen LogP contribution < -0.4 is 5.32 Å². The molecule has 0 spiro atoms. The number of rotatable bonds is 8. The predicted octanol–water partition coefficient (Wildman–Crippen LogP) is 0.418. The summed E-state index contributed by atoms with van der Waals surface area (Å²) in [5.74, 6) is 0.577. The van der Waals surface area contributed by atoms with E-state index in [1.54, 1.807) is 13.8 Å². The van der Waals surface area contributed by atoms with E-state index in [0.717, 1.165) is 13.0 Å². The minimum atomic E-state index is -2.92. The highest BCUT2D eigenvalue weighted by atomic mass is 32.2. The van der Waals surface area contributed by atoms with Crippen molar-refractivity contribution in [3.63, 3.8) is 0 Å². The first-order valence-corrected chi connectivity index (χ1v) is 7.15. The zero-order valence-electron chi connectivity index (χ0n) is 9.86. The van der Waals surface area contributed by atoms with E-state index in [1.165, 1.54) is 0 Å². The molecule has 4 nitrogen and oxygen atoms in total. The molecule has 1 unspecified atom stereocenters. The molecule has 0 rings (SSSR count). The van der Waals surface area contributed by atoms with Gasteiger partial charge in [-0.1, -0.05) is 6.92 Å². The summed E-state index contributed by atoms with van der Waals surface area (Å²) in [6.45, 7) is 6.87. The molecule has 1 atom stereocenters. The van der Waals surface area contributed by atoms with Crippen LogP contribution in [0.5, 0.6) is 0 Å². The molecule has 0 fully saturated rings. The summed E-state index contributed by atoms with van der Waals surface area (Å²) in [6.07, 6.45) is 0.754. The number of hydrogen-bond donors (Lipinski definition) is 2. The third-order valence-corrected chi connectivity index (χ3v) is 4.61. The zero-order chi connectivity index (χ0) is 11.9. The SMILES string of the molecule is CC(CCO)CNCCS(=O)(=O)C(C)C. The maximum atomic E-state index is 11.4. The lowest BCUT2D eigenvalue weighted by Gasteiger charge is -2.12. The van der Waals surface area contributed by atoms with Crippen LogP contribution in [-0.4, -0.2) is 44.2 Å². The lowest BCUT2D eigenvalue weighted by atomic mass is 10.1. The van der Waals surface area contributed by atoms with E-state index in [2.05, 4.69) is 5.32 Å². The highest BCUT2D eigenvalue weighted by Gasteiger charge is 2.14. The molecule has 92 valence electrons. The largest absolute Gasteiger partial charge is 0.396 e. The van der Waals surface area contributed by atoms with E-state index in [9.17, 15) is 8.42 Å². The Morgan fingerprint density at radius 2 is 1.87 bits per heavy atom. The van der Waals surface area contributed by atoms with Crippen LogP contribution in [0.3, 0.4) is 0 Å². The van der Waals surface area contributed by atoms with Gasteiger partial charge in [-0.05, 0) is 32.7 Å². The third-order valence-electron chi connectivity index (χ3n) is 2.40. The molecule has 0 bridgehead atoms. The Morgan fingerprint density at radius 3 is 2.33 bits per heavy atom. The van der Waals surface area contributed by atoms with Gasteiger partial charge in [0, 0.05) is 13.2 Å². The number of aliphatic hydroxyl groups is 1. The average Bonchev–Trinajstić information content (AvgIpc) is 2.13. The molecule has 0 aliphatic rings. The maximum absolute atomic E-state index is 11.4. The van der Waals surface area contributed by atoms with E-state index in [-0.39, 0.29) is 17.6 Å². The fourth-order valence-corrected chi connectivity index (χ4v) is 2.02. The first-order chi connectivity index (χ1) is 6.90. The maximum Gasteiger partial charge on any atom is 0.153 e. The van der Waals surface area contributed by atoms with Crippen molar-refractivity contribution in [1.82, 2.24) is 5.32 Å². The van der Waals surface area contributed by atoms with E-state index in [1.807, 2.05) is 6.92 Å². The Kier molecular flexibility index (Phi) is 7.13. The average molecular weight is 237 g/mol. The van der Waals surface area contributed by atoms with Crippen LogP contribution in [0.4, 0.5) is 0 Å². The summed E-state index contributed by atoms with van der Waals surface area (Å²) in [4.78, 5) is 0. The molecule has 0 aromatic rings. The highest BCUT2D eigenvalue weighted by molar-refractivity contribution is 7.92. The Morgan fingerprint density at radius 1 is 1.27 bits per heavy atom. The third kappa shape index (κ3) is 6.87. The standard InChI is InChI=1S/C10H23NO3S/c1-9(2)15(13,14)7-5-11-8-10(3)4-6-12/h9-12H,4-8H2,1-3H3. The van der Waals surface area contributed by atoms with Gasteiger partial charge in [-0.25, -0.2) is 8.42 Å². The Hall–Kier alpha value is -0.130. The highest BCUT2D eigenvalue weighted by Crippen LogP contribution is 2.00. The Balaban J connectivity index is 3.63. The normalized spacial score (nSPS) is 14.5. The van der Waals surface area contributed by atoms with Gasteiger partial charge in [0.25, 0.3) is 0 Å². The van der Waals surface area contributed by atoms with Crippen molar-refractivity contribution in [2.24, 2.45) is 5.92 Å². The molecule has 0 heterocycles. The van der Waals surface area contributed by atoms with Crippen molar-refractivity contribution in [3.8, 4) is 0 Å². The van der Waals surface area contributed by atoms with E-state index >= 15 is 0 Å². The molecule has 2 N–H and O–H groups in total. The van der Waals surface area contributed by atoms with Crippen LogP contribution in [0.15, 0.2) is 0 Å². The van der Waals surface area contributed by atoms with Gasteiger partial charge in [0.05, 0.1) is 11.0 Å². The fourth-order valence-electron chi connectivity index (χ4n) is 1.12. The summed E-state index contributed by atoms with van der Waals surface area (Å²) >= 11 is 0. The van der Waals surface area contributed by atoms with E-state index in [4.69, 9.17) is 5.11 Å². The van der Waals surface area contributed by atoms with Crippen LogP contribution in [0.2, 0.25) is 0 Å². The van der Waals surface area contributed by atoms with Gasteiger partial charge in [0.2, 0.25) is 0 Å². The summed E-state index contributed by atoms with van der Waals surface area (Å²) in [6, 6.07) is 0. The van der Waals surface area contributed by atoms with Gasteiger partial charge in [-0.3, -0.25) is 0 Å². The molecule has 5 heteroatoms. The molecular formula is C10H23NO3S. The van der Waals surface area contributed by atoms with Gasteiger partial charge in [-0.2, -0.15) is 0 Å². The molecule has 15 heavy (non-hydrogen) atoms. The number of hydrogen-bond acceptors (Lipinski definition) is 4.